The fourth-order valence-electron chi connectivity index (χ4n) is 2.91. The number of nitrogens with zero attached hydrogens (tertiary/aromatic N) is 2. The molecule has 7 heteroatoms. The van der Waals surface area contributed by atoms with Gasteiger partial charge in [0.05, 0.1) is 4.90 Å². The van der Waals surface area contributed by atoms with Gasteiger partial charge in [-0.15, -0.1) is 0 Å². The third-order valence-corrected chi connectivity index (χ3v) is 5.49. The highest BCUT2D eigenvalue weighted by Crippen LogP contribution is 2.34. The standard InChI is InChI=1S/C16H20N4O2S/c1-20-11-3-5-15(20)14-4-2-10-18-16(14)19-23(21,22)13-8-6-12(17)7-9-13/h2,4,6-10,15H,3,5,11,17H2,1H3,(H,18,19)/t15-/m0/s1. The van der Waals surface area contributed by atoms with E-state index in [9.17, 15) is 8.42 Å². The number of nitrogens with two attached hydrogens (primary N) is 1. The molecule has 1 aromatic heterocycles. The normalized spacial score (nSPS) is 18.9. The first-order valence-corrected chi connectivity index (χ1v) is 8.99. The van der Waals surface area contributed by atoms with Crippen LogP contribution in [0.1, 0.15) is 24.4 Å². The van der Waals surface area contributed by atoms with Crippen molar-refractivity contribution < 1.29 is 8.42 Å². The van der Waals surface area contributed by atoms with Crippen molar-refractivity contribution in [2.24, 2.45) is 0 Å². The maximum absolute atomic E-state index is 12.6. The van der Waals surface area contributed by atoms with Crippen LogP contribution in [-0.2, 0) is 10.0 Å². The summed E-state index contributed by atoms with van der Waals surface area (Å²) in [4.78, 5) is 6.63. The lowest BCUT2D eigenvalue weighted by atomic mass is 10.1. The fourth-order valence-corrected chi connectivity index (χ4v) is 3.95. The summed E-state index contributed by atoms with van der Waals surface area (Å²) in [5.74, 6) is 0.392. The predicted molar refractivity (Wildman–Crippen MR) is 90.5 cm³/mol. The molecule has 1 atom stereocenters. The van der Waals surface area contributed by atoms with E-state index in [-0.39, 0.29) is 10.9 Å². The van der Waals surface area contributed by atoms with Crippen LogP contribution in [0.3, 0.4) is 0 Å². The maximum atomic E-state index is 12.6. The van der Waals surface area contributed by atoms with Crippen LogP contribution in [0.15, 0.2) is 47.5 Å². The molecule has 23 heavy (non-hydrogen) atoms. The topological polar surface area (TPSA) is 88.3 Å². The summed E-state index contributed by atoms with van der Waals surface area (Å²) in [6.45, 7) is 1.00. The van der Waals surface area contributed by atoms with Crippen molar-refractivity contribution in [1.82, 2.24) is 9.88 Å². The van der Waals surface area contributed by atoms with Crippen molar-refractivity contribution in [3.63, 3.8) is 0 Å². The average Bonchev–Trinajstić information content (AvgIpc) is 2.94. The van der Waals surface area contributed by atoms with Crippen LogP contribution in [-0.4, -0.2) is 31.9 Å². The number of benzene rings is 1. The second-order valence-electron chi connectivity index (χ2n) is 5.75. The van der Waals surface area contributed by atoms with Crippen molar-refractivity contribution in [3.05, 3.63) is 48.2 Å². The zero-order valence-electron chi connectivity index (χ0n) is 12.9. The Bertz CT molecular complexity index is 790. The van der Waals surface area contributed by atoms with E-state index in [0.29, 0.717) is 11.5 Å². The van der Waals surface area contributed by atoms with Crippen molar-refractivity contribution in [3.8, 4) is 0 Å². The summed E-state index contributed by atoms with van der Waals surface area (Å²) >= 11 is 0. The molecule has 1 fully saturated rings. The van der Waals surface area contributed by atoms with Gasteiger partial charge in [-0.2, -0.15) is 0 Å². The third kappa shape index (κ3) is 3.30. The minimum Gasteiger partial charge on any atom is -0.399 e. The summed E-state index contributed by atoms with van der Waals surface area (Å²) < 4.78 is 27.7. The number of nitrogens with one attached hydrogen (secondary N) is 1. The number of likely N-dealkylation sites (tertiary alicyclic amines) is 1. The Labute approximate surface area is 136 Å². The monoisotopic (exact) mass is 332 g/mol. The van der Waals surface area contributed by atoms with Gasteiger partial charge in [0.25, 0.3) is 10.0 Å². The molecule has 0 aliphatic carbocycles. The Kier molecular flexibility index (Phi) is 4.23. The van der Waals surface area contributed by atoms with Crippen molar-refractivity contribution in [1.29, 1.82) is 0 Å². The molecule has 1 aliphatic rings. The highest BCUT2D eigenvalue weighted by molar-refractivity contribution is 7.92. The summed E-state index contributed by atoms with van der Waals surface area (Å²) in [6.07, 6.45) is 3.69. The van der Waals surface area contributed by atoms with E-state index < -0.39 is 10.0 Å². The van der Waals surface area contributed by atoms with E-state index in [1.165, 1.54) is 12.1 Å². The van der Waals surface area contributed by atoms with E-state index in [1.54, 1.807) is 18.3 Å². The van der Waals surface area contributed by atoms with Crippen molar-refractivity contribution in [2.75, 3.05) is 24.0 Å². The number of anilines is 2. The molecule has 0 bridgehead atoms. The fraction of sp³-hybridized carbons (Fsp3) is 0.312. The Morgan fingerprint density at radius 1 is 1.26 bits per heavy atom. The van der Waals surface area contributed by atoms with Crippen molar-refractivity contribution in [2.45, 2.75) is 23.8 Å². The summed E-state index contributed by atoms with van der Waals surface area (Å²) in [5, 5.41) is 0. The average molecular weight is 332 g/mol. The van der Waals surface area contributed by atoms with Gasteiger partial charge in [-0.3, -0.25) is 9.62 Å². The Balaban J connectivity index is 1.92. The van der Waals surface area contributed by atoms with Crippen LogP contribution in [0, 0.1) is 0 Å². The lowest BCUT2D eigenvalue weighted by Crippen LogP contribution is -2.21. The summed E-state index contributed by atoms with van der Waals surface area (Å²) in [7, 11) is -1.64. The second kappa shape index (κ2) is 6.17. The van der Waals surface area contributed by atoms with Crippen LogP contribution in [0.4, 0.5) is 11.5 Å². The van der Waals surface area contributed by atoms with E-state index >= 15 is 0 Å². The van der Waals surface area contributed by atoms with Gasteiger partial charge in [0.2, 0.25) is 0 Å². The van der Waals surface area contributed by atoms with E-state index in [4.69, 9.17) is 5.73 Å². The Morgan fingerprint density at radius 2 is 2.00 bits per heavy atom. The van der Waals surface area contributed by atoms with Crippen LogP contribution < -0.4 is 10.5 Å². The highest BCUT2D eigenvalue weighted by Gasteiger charge is 2.27. The minimum atomic E-state index is -3.69. The van der Waals surface area contributed by atoms with Crippen LogP contribution in [0.2, 0.25) is 0 Å². The number of sulfonamides is 1. The lowest BCUT2D eigenvalue weighted by Gasteiger charge is -2.22. The van der Waals surface area contributed by atoms with E-state index in [1.807, 2.05) is 19.2 Å². The molecular formula is C16H20N4O2S. The van der Waals surface area contributed by atoms with Gasteiger partial charge in [0, 0.05) is 23.5 Å². The SMILES string of the molecule is CN1CCC[C@H]1c1cccnc1NS(=O)(=O)c1ccc(N)cc1. The van der Waals surface area contributed by atoms with Gasteiger partial charge >= 0.3 is 0 Å². The minimum absolute atomic E-state index is 0.170. The van der Waals surface area contributed by atoms with Gasteiger partial charge in [-0.1, -0.05) is 6.07 Å². The molecule has 0 radical (unpaired) electrons. The van der Waals surface area contributed by atoms with Gasteiger partial charge in [-0.25, -0.2) is 13.4 Å². The second-order valence-corrected chi connectivity index (χ2v) is 7.44. The molecule has 122 valence electrons. The number of hydrogen-bond donors (Lipinski definition) is 2. The lowest BCUT2D eigenvalue weighted by molar-refractivity contribution is 0.318. The number of nitrogen functional groups attached to an aromatic ring is 1. The predicted octanol–water partition coefficient (Wildman–Crippen LogP) is 2.23. The summed E-state index contributed by atoms with van der Waals surface area (Å²) in [5.41, 5.74) is 7.04. The molecule has 2 aromatic rings. The van der Waals surface area contributed by atoms with E-state index in [0.717, 1.165) is 24.9 Å². The molecule has 0 amide bonds. The largest absolute Gasteiger partial charge is 0.399 e. The van der Waals surface area contributed by atoms with Gasteiger partial charge in [-0.05, 0) is 56.8 Å². The zero-order chi connectivity index (χ0) is 16.4. The smallest absolute Gasteiger partial charge is 0.263 e. The van der Waals surface area contributed by atoms with Gasteiger partial charge < -0.3 is 5.73 Å². The molecular weight excluding hydrogens is 312 g/mol. The third-order valence-electron chi connectivity index (χ3n) is 4.14. The van der Waals surface area contributed by atoms with Gasteiger partial charge in [0.1, 0.15) is 5.82 Å². The summed E-state index contributed by atoms with van der Waals surface area (Å²) in [6, 6.07) is 10.1. The molecule has 1 aromatic carbocycles. The van der Waals surface area contributed by atoms with Crippen LogP contribution in [0.25, 0.3) is 0 Å². The van der Waals surface area contributed by atoms with Gasteiger partial charge in [0.15, 0.2) is 0 Å². The molecule has 2 heterocycles. The maximum Gasteiger partial charge on any atom is 0.263 e. The molecule has 1 saturated heterocycles. The molecule has 3 rings (SSSR count). The first-order valence-electron chi connectivity index (χ1n) is 7.51. The van der Waals surface area contributed by atoms with E-state index in [2.05, 4.69) is 14.6 Å². The Morgan fingerprint density at radius 3 is 2.65 bits per heavy atom. The molecule has 0 spiro atoms. The number of pyridine rings is 1. The molecule has 3 N–H and O–H groups in total. The molecule has 1 aliphatic heterocycles. The first kappa shape index (κ1) is 15.8. The number of hydrogen-bond acceptors (Lipinski definition) is 5. The van der Waals surface area contributed by atoms with Crippen LogP contribution in [0.5, 0.6) is 0 Å². The quantitative estimate of drug-likeness (QED) is 0.838. The highest BCUT2D eigenvalue weighted by atomic mass is 32.2. The van der Waals surface area contributed by atoms with Crippen molar-refractivity contribution >= 4 is 21.5 Å². The molecule has 0 saturated carbocycles. The number of rotatable bonds is 4. The Hall–Kier alpha value is -2.12. The zero-order valence-corrected chi connectivity index (χ0v) is 13.8. The van der Waals surface area contributed by atoms with Crippen LogP contribution >= 0.6 is 0 Å². The molecule has 0 unspecified atom stereocenters. The first-order chi connectivity index (χ1) is 11.0. The molecule has 6 nitrogen and oxygen atoms in total. The number of aromatic nitrogens is 1.